The maximum absolute atomic E-state index is 12.4. The number of carbonyl (C=O) groups excluding carboxylic acids is 1. The molecule has 1 aliphatic rings. The molecule has 0 aliphatic carbocycles. The molecule has 1 amide bonds. The Morgan fingerprint density at radius 2 is 2.14 bits per heavy atom. The van der Waals surface area contributed by atoms with Crippen molar-refractivity contribution in [1.82, 2.24) is 9.88 Å². The van der Waals surface area contributed by atoms with Gasteiger partial charge in [0.15, 0.2) is 0 Å². The van der Waals surface area contributed by atoms with Crippen LogP contribution in [0.25, 0.3) is 0 Å². The fourth-order valence-corrected chi connectivity index (χ4v) is 2.67. The highest BCUT2D eigenvalue weighted by molar-refractivity contribution is 9.10. The standard InChI is InChI=1S/C14H17BrN2O4/c15-13-11(2-1-6-16-13)14(20)17-7-3-10(4-8-17)21-9-5-12(18)19/h1-2,6,10H,3-5,7-9H2,(H,18,19). The van der Waals surface area contributed by atoms with Gasteiger partial charge in [-0.3, -0.25) is 9.59 Å². The maximum Gasteiger partial charge on any atom is 0.305 e. The van der Waals surface area contributed by atoms with Crippen molar-refractivity contribution in [2.24, 2.45) is 0 Å². The smallest absolute Gasteiger partial charge is 0.305 e. The maximum atomic E-state index is 12.4. The molecular formula is C14H17BrN2O4. The molecule has 6 nitrogen and oxygen atoms in total. The first-order valence-corrected chi connectivity index (χ1v) is 7.60. The second-order valence-electron chi connectivity index (χ2n) is 4.85. The fourth-order valence-electron chi connectivity index (χ4n) is 2.25. The van der Waals surface area contributed by atoms with Gasteiger partial charge in [0.05, 0.1) is 24.7 Å². The van der Waals surface area contributed by atoms with Gasteiger partial charge >= 0.3 is 5.97 Å². The molecular weight excluding hydrogens is 340 g/mol. The monoisotopic (exact) mass is 356 g/mol. The number of aromatic nitrogens is 1. The van der Waals surface area contributed by atoms with Crippen LogP contribution in [0.15, 0.2) is 22.9 Å². The van der Waals surface area contributed by atoms with Gasteiger partial charge in [0.2, 0.25) is 0 Å². The van der Waals surface area contributed by atoms with Crippen LogP contribution in [-0.4, -0.2) is 52.7 Å². The number of nitrogens with zero attached hydrogens (tertiary/aromatic N) is 2. The number of amides is 1. The number of halogens is 1. The molecule has 0 atom stereocenters. The number of carboxylic acid groups (broad SMARTS) is 1. The van der Waals surface area contributed by atoms with Crippen molar-refractivity contribution < 1.29 is 19.4 Å². The van der Waals surface area contributed by atoms with E-state index in [0.717, 1.165) is 12.8 Å². The quantitative estimate of drug-likeness (QED) is 0.815. The summed E-state index contributed by atoms with van der Waals surface area (Å²) in [4.78, 5) is 28.6. The molecule has 1 aromatic heterocycles. The summed E-state index contributed by atoms with van der Waals surface area (Å²) >= 11 is 3.28. The number of ether oxygens (including phenoxy) is 1. The van der Waals surface area contributed by atoms with Crippen molar-refractivity contribution >= 4 is 27.8 Å². The molecule has 0 spiro atoms. The van der Waals surface area contributed by atoms with E-state index in [2.05, 4.69) is 20.9 Å². The summed E-state index contributed by atoms with van der Waals surface area (Å²) in [5.74, 6) is -0.900. The summed E-state index contributed by atoms with van der Waals surface area (Å²) in [6, 6.07) is 3.48. The molecule has 1 N–H and O–H groups in total. The van der Waals surface area contributed by atoms with Gasteiger partial charge in [0.1, 0.15) is 4.60 Å². The van der Waals surface area contributed by atoms with Gasteiger partial charge in [0, 0.05) is 19.3 Å². The Balaban J connectivity index is 1.82. The number of aliphatic carboxylic acids is 1. The van der Waals surface area contributed by atoms with Crippen LogP contribution in [0.2, 0.25) is 0 Å². The normalized spacial score (nSPS) is 16.0. The first kappa shape index (κ1) is 15.9. The minimum atomic E-state index is -0.857. The van der Waals surface area contributed by atoms with Gasteiger partial charge in [-0.1, -0.05) is 0 Å². The SMILES string of the molecule is O=C(O)CCOC1CCN(C(=O)c2cccnc2Br)CC1. The lowest BCUT2D eigenvalue weighted by molar-refractivity contribution is -0.138. The van der Waals surface area contributed by atoms with E-state index in [-0.39, 0.29) is 25.0 Å². The number of hydrogen-bond acceptors (Lipinski definition) is 4. The minimum absolute atomic E-state index is 0.0157. The third-order valence-corrected chi connectivity index (χ3v) is 4.02. The van der Waals surface area contributed by atoms with E-state index in [1.807, 2.05) is 0 Å². The van der Waals surface area contributed by atoms with E-state index >= 15 is 0 Å². The van der Waals surface area contributed by atoms with Crippen molar-refractivity contribution in [2.75, 3.05) is 19.7 Å². The molecule has 0 saturated carbocycles. The number of pyridine rings is 1. The van der Waals surface area contributed by atoms with Gasteiger partial charge < -0.3 is 14.7 Å². The Bertz CT molecular complexity index is 515. The van der Waals surface area contributed by atoms with Crippen molar-refractivity contribution in [2.45, 2.75) is 25.4 Å². The Kier molecular flexibility index (Phi) is 5.69. The summed E-state index contributed by atoms with van der Waals surface area (Å²) < 4.78 is 6.06. The highest BCUT2D eigenvalue weighted by Crippen LogP contribution is 2.19. The zero-order valence-corrected chi connectivity index (χ0v) is 13.1. The first-order valence-electron chi connectivity index (χ1n) is 6.81. The van der Waals surface area contributed by atoms with Gasteiger partial charge in [-0.25, -0.2) is 4.98 Å². The predicted octanol–water partition coefficient (Wildman–Crippen LogP) is 1.94. The molecule has 0 radical (unpaired) electrons. The Morgan fingerprint density at radius 1 is 1.43 bits per heavy atom. The van der Waals surface area contributed by atoms with Crippen molar-refractivity contribution in [3.63, 3.8) is 0 Å². The largest absolute Gasteiger partial charge is 0.481 e. The van der Waals surface area contributed by atoms with Crippen LogP contribution >= 0.6 is 15.9 Å². The molecule has 0 bridgehead atoms. The second-order valence-corrected chi connectivity index (χ2v) is 5.60. The molecule has 7 heteroatoms. The van der Waals surface area contributed by atoms with Crippen molar-refractivity contribution in [3.8, 4) is 0 Å². The second kappa shape index (κ2) is 7.51. The van der Waals surface area contributed by atoms with E-state index in [9.17, 15) is 9.59 Å². The molecule has 2 rings (SSSR count). The summed E-state index contributed by atoms with van der Waals surface area (Å²) in [5, 5.41) is 8.57. The lowest BCUT2D eigenvalue weighted by Crippen LogP contribution is -2.41. The molecule has 0 aromatic carbocycles. The van der Waals surface area contributed by atoms with E-state index in [1.54, 1.807) is 23.2 Å². The summed E-state index contributed by atoms with van der Waals surface area (Å²) in [5.41, 5.74) is 0.558. The van der Waals surface area contributed by atoms with Crippen molar-refractivity contribution in [1.29, 1.82) is 0 Å². The van der Waals surface area contributed by atoms with E-state index in [1.165, 1.54) is 0 Å². The molecule has 1 aliphatic heterocycles. The van der Waals surface area contributed by atoms with Crippen LogP contribution in [0, 0.1) is 0 Å². The molecule has 114 valence electrons. The molecule has 1 aromatic rings. The number of carbonyl (C=O) groups is 2. The van der Waals surface area contributed by atoms with Crippen molar-refractivity contribution in [3.05, 3.63) is 28.5 Å². The number of likely N-dealkylation sites (tertiary alicyclic amines) is 1. The molecule has 2 heterocycles. The van der Waals surface area contributed by atoms with E-state index in [0.29, 0.717) is 23.3 Å². The summed E-state index contributed by atoms with van der Waals surface area (Å²) in [7, 11) is 0. The van der Waals surface area contributed by atoms with Crippen LogP contribution < -0.4 is 0 Å². The number of rotatable bonds is 5. The average Bonchev–Trinajstić information content (AvgIpc) is 2.47. The summed E-state index contributed by atoms with van der Waals surface area (Å²) in [6.45, 7) is 1.44. The topological polar surface area (TPSA) is 79.7 Å². The van der Waals surface area contributed by atoms with Crippen LogP contribution in [0.4, 0.5) is 0 Å². The molecule has 1 saturated heterocycles. The number of carboxylic acids is 1. The van der Waals surface area contributed by atoms with Gasteiger partial charge in [0.25, 0.3) is 5.91 Å². The lowest BCUT2D eigenvalue weighted by Gasteiger charge is -2.32. The van der Waals surface area contributed by atoms with E-state index in [4.69, 9.17) is 9.84 Å². The lowest BCUT2D eigenvalue weighted by atomic mass is 10.1. The van der Waals surface area contributed by atoms with Gasteiger partial charge in [-0.15, -0.1) is 0 Å². The molecule has 1 fully saturated rings. The van der Waals surface area contributed by atoms with Gasteiger partial charge in [-0.05, 0) is 40.9 Å². The Hall–Kier alpha value is -1.47. The highest BCUT2D eigenvalue weighted by atomic mass is 79.9. The Labute approximate surface area is 131 Å². The first-order chi connectivity index (χ1) is 10.1. The van der Waals surface area contributed by atoms with Crippen LogP contribution in [-0.2, 0) is 9.53 Å². The third kappa shape index (κ3) is 4.50. The predicted molar refractivity (Wildman–Crippen MR) is 79.1 cm³/mol. The average molecular weight is 357 g/mol. The van der Waals surface area contributed by atoms with Crippen LogP contribution in [0.1, 0.15) is 29.6 Å². The molecule has 0 unspecified atom stereocenters. The van der Waals surface area contributed by atoms with Crippen LogP contribution in [0.5, 0.6) is 0 Å². The van der Waals surface area contributed by atoms with Gasteiger partial charge in [-0.2, -0.15) is 0 Å². The molecule has 21 heavy (non-hydrogen) atoms. The number of hydrogen-bond donors (Lipinski definition) is 1. The Morgan fingerprint density at radius 3 is 2.76 bits per heavy atom. The third-order valence-electron chi connectivity index (χ3n) is 3.39. The number of piperidine rings is 1. The van der Waals surface area contributed by atoms with Crippen LogP contribution in [0.3, 0.4) is 0 Å². The summed E-state index contributed by atoms with van der Waals surface area (Å²) in [6.07, 6.45) is 3.13. The van der Waals surface area contributed by atoms with E-state index < -0.39 is 5.97 Å². The minimum Gasteiger partial charge on any atom is -0.481 e. The zero-order chi connectivity index (χ0) is 15.2. The highest BCUT2D eigenvalue weighted by Gasteiger charge is 2.25. The fraction of sp³-hybridized carbons (Fsp3) is 0.500. The zero-order valence-electron chi connectivity index (χ0n) is 11.5.